The summed E-state index contributed by atoms with van der Waals surface area (Å²) in [6.45, 7) is 13.0. The van der Waals surface area contributed by atoms with Crippen LogP contribution in [0.15, 0.2) is 17.6 Å². The van der Waals surface area contributed by atoms with E-state index in [4.69, 9.17) is 4.99 Å². The summed E-state index contributed by atoms with van der Waals surface area (Å²) in [6.07, 6.45) is 7.25. The molecule has 8 heteroatoms. The minimum Gasteiger partial charge on any atom is -0.353 e. The van der Waals surface area contributed by atoms with Crippen LogP contribution in [0.25, 0.3) is 0 Å². The Morgan fingerprint density at radius 2 is 2.04 bits per heavy atom. The van der Waals surface area contributed by atoms with Crippen molar-refractivity contribution in [3.05, 3.63) is 24.3 Å². The number of likely N-dealkylation sites (tertiary alicyclic amines) is 2. The van der Waals surface area contributed by atoms with Gasteiger partial charge in [0.25, 0.3) is 0 Å². The van der Waals surface area contributed by atoms with Crippen molar-refractivity contribution < 1.29 is 0 Å². The largest absolute Gasteiger partial charge is 0.353 e. The van der Waals surface area contributed by atoms with E-state index < -0.39 is 0 Å². The van der Waals surface area contributed by atoms with Crippen molar-refractivity contribution in [2.45, 2.75) is 39.2 Å². The van der Waals surface area contributed by atoms with Crippen molar-refractivity contribution in [3.63, 3.8) is 0 Å². The summed E-state index contributed by atoms with van der Waals surface area (Å²) < 4.78 is 2.00. The van der Waals surface area contributed by atoms with Gasteiger partial charge in [0.1, 0.15) is 12.4 Å². The maximum Gasteiger partial charge on any atom is 0.194 e. The summed E-state index contributed by atoms with van der Waals surface area (Å²) in [6, 6.07) is 0. The highest BCUT2D eigenvalue weighted by atomic mass is 127. The predicted octanol–water partition coefficient (Wildman–Crippen LogP) is 2.18. The van der Waals surface area contributed by atoms with Gasteiger partial charge in [0, 0.05) is 33.2 Å². The predicted molar refractivity (Wildman–Crippen MR) is 120 cm³/mol. The van der Waals surface area contributed by atoms with Crippen LogP contribution in [0, 0.1) is 12.8 Å². The lowest BCUT2D eigenvalue weighted by molar-refractivity contribution is 0.198. The van der Waals surface area contributed by atoms with Gasteiger partial charge < -0.3 is 19.7 Å². The van der Waals surface area contributed by atoms with Crippen molar-refractivity contribution in [2.75, 3.05) is 39.3 Å². The minimum absolute atomic E-state index is 0. The van der Waals surface area contributed by atoms with Gasteiger partial charge in [0.15, 0.2) is 11.8 Å². The second kappa shape index (κ2) is 11.0. The highest BCUT2D eigenvalue weighted by molar-refractivity contribution is 14.0. The third-order valence-electron chi connectivity index (χ3n) is 5.51. The Morgan fingerprint density at radius 1 is 1.26 bits per heavy atom. The lowest BCUT2D eigenvalue weighted by Gasteiger charge is -2.29. The van der Waals surface area contributed by atoms with Gasteiger partial charge in [-0.05, 0) is 45.2 Å². The monoisotopic (exact) mass is 487 g/mol. The van der Waals surface area contributed by atoms with Gasteiger partial charge in [0.05, 0.1) is 0 Å². The second-order valence-corrected chi connectivity index (χ2v) is 7.49. The van der Waals surface area contributed by atoms with Gasteiger partial charge in [-0.15, -0.1) is 40.8 Å². The van der Waals surface area contributed by atoms with Crippen molar-refractivity contribution in [1.82, 2.24) is 29.9 Å². The molecule has 0 saturated carbocycles. The van der Waals surface area contributed by atoms with E-state index in [2.05, 4.69) is 31.9 Å². The molecular formula is C19H34IN7. The zero-order valence-electron chi connectivity index (χ0n) is 16.7. The number of hydrogen-bond donors (Lipinski definition) is 1. The number of nitrogens with zero attached hydrogens (tertiary/aromatic N) is 6. The van der Waals surface area contributed by atoms with Crippen molar-refractivity contribution in [1.29, 1.82) is 0 Å². The zero-order chi connectivity index (χ0) is 18.4. The first-order chi connectivity index (χ1) is 12.7. The summed E-state index contributed by atoms with van der Waals surface area (Å²) in [5.41, 5.74) is 0. The molecule has 1 atom stereocenters. The van der Waals surface area contributed by atoms with Crippen LogP contribution in [0.3, 0.4) is 0 Å². The molecule has 0 spiro atoms. The van der Waals surface area contributed by atoms with Crippen molar-refractivity contribution >= 4 is 29.9 Å². The fourth-order valence-electron chi connectivity index (χ4n) is 3.85. The highest BCUT2D eigenvalue weighted by Crippen LogP contribution is 2.20. The fraction of sp³-hybridized carbons (Fsp3) is 0.737. The topological polar surface area (TPSA) is 61.6 Å². The van der Waals surface area contributed by atoms with Crippen LogP contribution in [0.4, 0.5) is 0 Å². The number of rotatable bonds is 6. The molecule has 2 aliphatic rings. The molecule has 3 heterocycles. The van der Waals surface area contributed by atoms with E-state index in [1.165, 1.54) is 45.3 Å². The highest BCUT2D eigenvalue weighted by Gasteiger charge is 2.27. The van der Waals surface area contributed by atoms with Crippen LogP contribution in [0.5, 0.6) is 0 Å². The number of halogens is 1. The van der Waals surface area contributed by atoms with Gasteiger partial charge in [-0.1, -0.05) is 12.5 Å². The molecular weight excluding hydrogens is 453 g/mol. The van der Waals surface area contributed by atoms with Gasteiger partial charge in [0.2, 0.25) is 0 Å². The first kappa shape index (κ1) is 22.1. The Morgan fingerprint density at radius 3 is 2.70 bits per heavy atom. The summed E-state index contributed by atoms with van der Waals surface area (Å²) in [5, 5.41) is 11.8. The summed E-state index contributed by atoms with van der Waals surface area (Å²) in [4.78, 5) is 9.85. The molecule has 7 nitrogen and oxygen atoms in total. The summed E-state index contributed by atoms with van der Waals surface area (Å²) >= 11 is 0. The average molecular weight is 487 g/mol. The first-order valence-electron chi connectivity index (χ1n) is 9.88. The molecule has 1 N–H and O–H groups in total. The van der Waals surface area contributed by atoms with E-state index in [0.29, 0.717) is 6.54 Å². The number of nitrogens with one attached hydrogen (secondary N) is 1. The minimum atomic E-state index is 0. The Bertz CT molecular complexity index is 622. The maximum atomic E-state index is 4.82. The summed E-state index contributed by atoms with van der Waals surface area (Å²) in [7, 11) is 1.99. The Labute approximate surface area is 180 Å². The van der Waals surface area contributed by atoms with Crippen molar-refractivity contribution in [3.8, 4) is 0 Å². The van der Waals surface area contributed by atoms with E-state index in [0.717, 1.165) is 43.2 Å². The molecule has 1 aromatic rings. The molecule has 1 aromatic heterocycles. The molecule has 3 rings (SSSR count). The lowest BCUT2D eigenvalue weighted by Crippen LogP contribution is -2.41. The standard InChI is InChI=1S/C19H33N7.HI/c1-4-9-20-19(21-13-18-23-22-16(2)24(18)3)26-12-8-17(15-26)14-25-10-6-5-7-11-25;/h4,17H,1,5-15H2,2-3H3,(H,20,21);1H. The lowest BCUT2D eigenvalue weighted by atomic mass is 10.1. The normalized spacial score (nSPS) is 21.2. The smallest absolute Gasteiger partial charge is 0.194 e. The SMILES string of the molecule is C=CCNC(=NCc1nnc(C)n1C)N1CCC(CN2CCCCC2)C1.I. The van der Waals surface area contributed by atoms with Crippen LogP contribution in [-0.2, 0) is 13.6 Å². The van der Waals surface area contributed by atoms with E-state index in [-0.39, 0.29) is 24.0 Å². The zero-order valence-corrected chi connectivity index (χ0v) is 19.1. The molecule has 1 unspecified atom stereocenters. The van der Waals surface area contributed by atoms with E-state index in [1.807, 2.05) is 24.6 Å². The van der Waals surface area contributed by atoms with Crippen LogP contribution in [-0.4, -0.2) is 69.8 Å². The molecule has 2 fully saturated rings. The number of piperidine rings is 1. The molecule has 0 bridgehead atoms. The molecule has 27 heavy (non-hydrogen) atoms. The Kier molecular flexibility index (Phi) is 9.01. The van der Waals surface area contributed by atoms with Crippen LogP contribution in [0.1, 0.15) is 37.3 Å². The van der Waals surface area contributed by atoms with Gasteiger partial charge in [-0.3, -0.25) is 0 Å². The molecule has 0 radical (unpaired) electrons. The number of aromatic nitrogens is 3. The number of guanidine groups is 1. The quantitative estimate of drug-likeness (QED) is 0.289. The Hall–Kier alpha value is -1.16. The van der Waals surface area contributed by atoms with Gasteiger partial charge in [-0.25, -0.2) is 4.99 Å². The number of aliphatic imine (C=N–C) groups is 1. The van der Waals surface area contributed by atoms with Crippen LogP contribution in [0.2, 0.25) is 0 Å². The van der Waals surface area contributed by atoms with E-state index in [1.54, 1.807) is 0 Å². The van der Waals surface area contributed by atoms with Gasteiger partial charge in [-0.2, -0.15) is 0 Å². The van der Waals surface area contributed by atoms with Crippen LogP contribution < -0.4 is 5.32 Å². The maximum absolute atomic E-state index is 4.82. The molecule has 152 valence electrons. The molecule has 2 saturated heterocycles. The number of hydrogen-bond acceptors (Lipinski definition) is 4. The van der Waals surface area contributed by atoms with E-state index in [9.17, 15) is 0 Å². The van der Waals surface area contributed by atoms with E-state index >= 15 is 0 Å². The summed E-state index contributed by atoms with van der Waals surface area (Å²) in [5.74, 6) is 3.51. The third-order valence-corrected chi connectivity index (χ3v) is 5.51. The average Bonchev–Trinajstić information content (AvgIpc) is 3.24. The van der Waals surface area contributed by atoms with Crippen LogP contribution >= 0.6 is 24.0 Å². The van der Waals surface area contributed by atoms with Crippen molar-refractivity contribution in [2.24, 2.45) is 18.0 Å². The molecule has 2 aliphatic heterocycles. The Balaban J connectivity index is 0.00000261. The molecule has 0 amide bonds. The fourth-order valence-corrected chi connectivity index (χ4v) is 3.85. The number of aryl methyl sites for hydroxylation is 1. The second-order valence-electron chi connectivity index (χ2n) is 7.49. The molecule has 0 aromatic carbocycles. The molecule has 0 aliphatic carbocycles. The third kappa shape index (κ3) is 6.17. The van der Waals surface area contributed by atoms with Gasteiger partial charge >= 0.3 is 0 Å². The first-order valence-corrected chi connectivity index (χ1v) is 9.88.